The quantitative estimate of drug-likeness (QED) is 0.466. The Hall–Kier alpha value is -1.46. The highest BCUT2D eigenvalue weighted by atomic mass is 16.6. The van der Waals surface area contributed by atoms with Crippen LogP contribution >= 0.6 is 0 Å². The molecule has 0 bridgehead atoms. The summed E-state index contributed by atoms with van der Waals surface area (Å²) in [6.45, 7) is 7.74. The molecule has 7 nitrogen and oxygen atoms in total. The van der Waals surface area contributed by atoms with Crippen LogP contribution in [0.5, 0.6) is 0 Å². The van der Waals surface area contributed by atoms with Gasteiger partial charge in [0.25, 0.3) is 0 Å². The molecule has 18 heavy (non-hydrogen) atoms. The zero-order valence-electron chi connectivity index (χ0n) is 11.2. The van der Waals surface area contributed by atoms with Gasteiger partial charge in [-0.15, -0.1) is 0 Å². The van der Waals surface area contributed by atoms with Crippen molar-refractivity contribution in [3.63, 3.8) is 0 Å². The predicted octanol–water partition coefficient (Wildman–Crippen LogP) is 2.37. The van der Waals surface area contributed by atoms with E-state index < -0.39 is 17.7 Å². The normalized spacial score (nSPS) is 28.1. The Morgan fingerprint density at radius 1 is 1.56 bits per heavy atom. The van der Waals surface area contributed by atoms with Gasteiger partial charge in [-0.2, -0.15) is 0 Å². The number of alkyl carbamates (subject to hydrolysis) is 1. The van der Waals surface area contributed by atoms with E-state index in [1.165, 1.54) is 0 Å². The van der Waals surface area contributed by atoms with Crippen LogP contribution in [0.3, 0.4) is 0 Å². The Balaban J connectivity index is 2.63. The minimum atomic E-state index is -0.547. The summed E-state index contributed by atoms with van der Waals surface area (Å²) >= 11 is 0. The van der Waals surface area contributed by atoms with Crippen molar-refractivity contribution >= 4 is 6.09 Å². The number of hydrogen-bond donors (Lipinski definition) is 1. The van der Waals surface area contributed by atoms with Crippen LogP contribution < -0.4 is 5.32 Å². The number of nitrogens with one attached hydrogen (secondary N) is 1. The molecule has 1 saturated heterocycles. The van der Waals surface area contributed by atoms with Crippen LogP contribution in [0, 0.1) is 0 Å². The maximum absolute atomic E-state index is 11.7. The Morgan fingerprint density at radius 2 is 2.22 bits per heavy atom. The van der Waals surface area contributed by atoms with E-state index in [9.17, 15) is 4.79 Å². The molecule has 0 radical (unpaired) electrons. The van der Waals surface area contributed by atoms with Crippen molar-refractivity contribution in [1.29, 1.82) is 0 Å². The van der Waals surface area contributed by atoms with E-state index in [0.29, 0.717) is 13.0 Å². The lowest BCUT2D eigenvalue weighted by molar-refractivity contribution is -0.00667. The fourth-order valence-electron chi connectivity index (χ4n) is 1.83. The summed E-state index contributed by atoms with van der Waals surface area (Å²) in [4.78, 5) is 14.5. The summed E-state index contributed by atoms with van der Waals surface area (Å²) in [6, 6.07) is -0.657. The average Bonchev–Trinajstić information content (AvgIpc) is 2.20. The molecule has 0 aromatic rings. The van der Waals surface area contributed by atoms with Gasteiger partial charge in [0.15, 0.2) is 0 Å². The third-order valence-electron chi connectivity index (χ3n) is 2.59. The number of hydrogen-bond acceptors (Lipinski definition) is 4. The molecule has 0 aliphatic carbocycles. The molecule has 0 spiro atoms. The fraction of sp³-hybridized carbons (Fsp3) is 0.909. The molecule has 0 aromatic heterocycles. The largest absolute Gasteiger partial charge is 0.444 e. The molecule has 7 heteroatoms. The van der Waals surface area contributed by atoms with Gasteiger partial charge in [-0.05, 0) is 39.6 Å². The second kappa shape index (κ2) is 5.93. The second-order valence-corrected chi connectivity index (χ2v) is 5.31. The van der Waals surface area contributed by atoms with Gasteiger partial charge in [0, 0.05) is 17.6 Å². The maximum atomic E-state index is 11.7. The third kappa shape index (κ3) is 4.43. The summed E-state index contributed by atoms with van der Waals surface area (Å²) < 4.78 is 10.6. The number of carbonyl (C=O) groups is 1. The number of nitrogens with zero attached hydrogens (tertiary/aromatic N) is 3. The summed E-state index contributed by atoms with van der Waals surface area (Å²) in [6.07, 6.45) is -0.109. The van der Waals surface area contributed by atoms with Crippen LogP contribution in [-0.2, 0) is 9.47 Å². The second-order valence-electron chi connectivity index (χ2n) is 5.31. The van der Waals surface area contributed by atoms with E-state index in [4.69, 9.17) is 15.0 Å². The van der Waals surface area contributed by atoms with Crippen LogP contribution in [0.25, 0.3) is 10.4 Å². The van der Waals surface area contributed by atoms with Gasteiger partial charge >= 0.3 is 6.09 Å². The van der Waals surface area contributed by atoms with Crippen molar-refractivity contribution in [1.82, 2.24) is 5.32 Å². The van der Waals surface area contributed by atoms with Gasteiger partial charge < -0.3 is 14.8 Å². The van der Waals surface area contributed by atoms with Gasteiger partial charge in [-0.25, -0.2) is 4.79 Å². The Morgan fingerprint density at radius 3 is 2.78 bits per heavy atom. The molecule has 1 aliphatic heterocycles. The molecule has 0 aromatic carbocycles. The molecule has 1 rings (SSSR count). The SMILES string of the molecule is C[C@@H]1OCC[C@H](NC(=O)OC(C)(C)C)[C@@H]1N=[N+]=[N-]. The number of ether oxygens (including phenoxy) is 2. The molecular formula is C11H20N4O3. The Kier molecular flexibility index (Phi) is 4.81. The van der Waals surface area contributed by atoms with E-state index >= 15 is 0 Å². The van der Waals surface area contributed by atoms with Gasteiger partial charge in [0.1, 0.15) is 5.60 Å². The first kappa shape index (κ1) is 14.6. The minimum Gasteiger partial charge on any atom is -0.444 e. The average molecular weight is 256 g/mol. The lowest BCUT2D eigenvalue weighted by atomic mass is 9.99. The zero-order valence-corrected chi connectivity index (χ0v) is 11.2. The Bertz CT molecular complexity index is 347. The topological polar surface area (TPSA) is 96.3 Å². The molecule has 1 fully saturated rings. The van der Waals surface area contributed by atoms with Crippen LogP contribution in [0.2, 0.25) is 0 Å². The highest BCUT2D eigenvalue weighted by Gasteiger charge is 2.32. The van der Waals surface area contributed by atoms with Gasteiger partial charge in [0.2, 0.25) is 0 Å². The molecule has 0 unspecified atom stereocenters. The highest BCUT2D eigenvalue weighted by molar-refractivity contribution is 5.68. The standard InChI is InChI=1S/C11H20N4O3/c1-7-9(14-15-12)8(5-6-17-7)13-10(16)18-11(2,3)4/h7-9H,5-6H2,1-4H3,(H,13,16)/t7-,8-,9+/m0/s1. The first-order chi connectivity index (χ1) is 8.33. The molecule has 1 heterocycles. The molecular weight excluding hydrogens is 236 g/mol. The van der Waals surface area contributed by atoms with Gasteiger partial charge in [-0.3, -0.25) is 0 Å². The van der Waals surface area contributed by atoms with Crippen molar-refractivity contribution in [3.05, 3.63) is 10.4 Å². The van der Waals surface area contributed by atoms with Crippen LogP contribution in [0.15, 0.2) is 5.11 Å². The molecule has 0 saturated carbocycles. The third-order valence-corrected chi connectivity index (χ3v) is 2.59. The van der Waals surface area contributed by atoms with Crippen molar-refractivity contribution in [3.8, 4) is 0 Å². The molecule has 1 N–H and O–H groups in total. The first-order valence-corrected chi connectivity index (χ1v) is 5.99. The summed E-state index contributed by atoms with van der Waals surface area (Å²) in [7, 11) is 0. The predicted molar refractivity (Wildman–Crippen MR) is 66.1 cm³/mol. The van der Waals surface area contributed by atoms with Gasteiger partial charge in [-0.1, -0.05) is 5.11 Å². The summed E-state index contributed by atoms with van der Waals surface area (Å²) in [5, 5.41) is 6.42. The van der Waals surface area contributed by atoms with Crippen LogP contribution in [0.1, 0.15) is 34.1 Å². The van der Waals surface area contributed by atoms with Crippen molar-refractivity contribution < 1.29 is 14.3 Å². The van der Waals surface area contributed by atoms with Crippen LogP contribution in [0.4, 0.5) is 4.79 Å². The fourth-order valence-corrected chi connectivity index (χ4v) is 1.83. The monoisotopic (exact) mass is 256 g/mol. The lowest BCUT2D eigenvalue weighted by Crippen LogP contribution is -2.52. The van der Waals surface area contributed by atoms with E-state index in [1.807, 2.05) is 6.92 Å². The minimum absolute atomic E-state index is 0.213. The number of rotatable bonds is 2. The van der Waals surface area contributed by atoms with Crippen molar-refractivity contribution in [2.24, 2.45) is 5.11 Å². The molecule has 3 atom stereocenters. The number of carbonyl (C=O) groups excluding carboxylic acids is 1. The van der Waals surface area contributed by atoms with E-state index in [-0.39, 0.29) is 12.1 Å². The molecule has 1 amide bonds. The van der Waals surface area contributed by atoms with Crippen molar-refractivity contribution in [2.45, 2.75) is 57.9 Å². The first-order valence-electron chi connectivity index (χ1n) is 5.99. The summed E-state index contributed by atoms with van der Waals surface area (Å²) in [5.74, 6) is 0. The van der Waals surface area contributed by atoms with Crippen LogP contribution in [-0.4, -0.2) is 36.5 Å². The Labute approximate surface area is 106 Å². The maximum Gasteiger partial charge on any atom is 0.407 e. The van der Waals surface area contributed by atoms with E-state index in [1.54, 1.807) is 20.8 Å². The highest BCUT2D eigenvalue weighted by Crippen LogP contribution is 2.18. The smallest absolute Gasteiger partial charge is 0.407 e. The van der Waals surface area contributed by atoms with E-state index in [2.05, 4.69) is 15.3 Å². The van der Waals surface area contributed by atoms with E-state index in [0.717, 1.165) is 0 Å². The molecule has 102 valence electrons. The molecule has 1 aliphatic rings. The van der Waals surface area contributed by atoms with Crippen molar-refractivity contribution in [2.75, 3.05) is 6.61 Å². The number of azide groups is 1. The summed E-state index contributed by atoms with van der Waals surface area (Å²) in [5.41, 5.74) is 7.99. The lowest BCUT2D eigenvalue weighted by Gasteiger charge is -2.34. The zero-order chi connectivity index (χ0) is 13.8. The van der Waals surface area contributed by atoms with Gasteiger partial charge in [0.05, 0.1) is 12.1 Å². The number of amides is 1.